The lowest BCUT2D eigenvalue weighted by Crippen LogP contribution is -2.52. The van der Waals surface area contributed by atoms with Crippen molar-refractivity contribution in [2.45, 2.75) is 60.0 Å². The quantitative estimate of drug-likeness (QED) is 0.741. The van der Waals surface area contributed by atoms with Crippen molar-refractivity contribution in [3.8, 4) is 0 Å². The largest absolute Gasteiger partial charge is 0.373 e. The van der Waals surface area contributed by atoms with Gasteiger partial charge in [0.1, 0.15) is 0 Å². The molecule has 0 amide bonds. The topological polar surface area (TPSA) is 24.5 Å². The fourth-order valence-electron chi connectivity index (χ4n) is 3.28. The van der Waals surface area contributed by atoms with Crippen LogP contribution in [0.5, 0.6) is 0 Å². The molecule has 1 unspecified atom stereocenters. The average Bonchev–Trinajstić information content (AvgIpc) is 2.26. The van der Waals surface area contributed by atoms with E-state index in [4.69, 9.17) is 4.74 Å². The molecule has 0 aromatic heterocycles. The van der Waals surface area contributed by atoms with E-state index < -0.39 is 0 Å². The number of hydrogen-bond acceptors (Lipinski definition) is 3. The molecule has 1 saturated heterocycles. The Balaban J connectivity index is 2.51. The van der Waals surface area contributed by atoms with Crippen molar-refractivity contribution in [1.29, 1.82) is 0 Å². The molecular formula is C17H36N2O. The van der Waals surface area contributed by atoms with Crippen molar-refractivity contribution < 1.29 is 4.74 Å². The summed E-state index contributed by atoms with van der Waals surface area (Å²) in [6.07, 6.45) is 2.55. The van der Waals surface area contributed by atoms with Gasteiger partial charge in [-0.25, -0.2) is 0 Å². The van der Waals surface area contributed by atoms with E-state index in [2.05, 4.69) is 51.8 Å². The number of ether oxygens (including phenoxy) is 1. The highest BCUT2D eigenvalue weighted by Gasteiger charge is 2.32. The standard InChI is InChI=1S/C17H36N2O/c1-7-8-17(6,12-18-11-15(2)3)14-19-9-10-20-16(4,5)13-19/h15,18H,7-14H2,1-6H3. The minimum absolute atomic E-state index is 0.0107. The molecule has 0 spiro atoms. The van der Waals surface area contributed by atoms with E-state index in [0.29, 0.717) is 5.41 Å². The van der Waals surface area contributed by atoms with Crippen LogP contribution >= 0.6 is 0 Å². The van der Waals surface area contributed by atoms with Gasteiger partial charge in [-0.2, -0.15) is 0 Å². The van der Waals surface area contributed by atoms with Crippen LogP contribution in [0.25, 0.3) is 0 Å². The summed E-state index contributed by atoms with van der Waals surface area (Å²) in [5, 5.41) is 3.66. The number of nitrogens with one attached hydrogen (secondary N) is 1. The Hall–Kier alpha value is -0.120. The Morgan fingerprint density at radius 2 is 2.05 bits per heavy atom. The summed E-state index contributed by atoms with van der Waals surface area (Å²) < 4.78 is 5.83. The average molecular weight is 284 g/mol. The minimum Gasteiger partial charge on any atom is -0.373 e. The molecule has 0 saturated carbocycles. The first-order chi connectivity index (χ1) is 9.26. The van der Waals surface area contributed by atoms with Crippen molar-refractivity contribution in [2.24, 2.45) is 11.3 Å². The Bertz CT molecular complexity index is 278. The SMILES string of the molecule is CCCC(C)(CNCC(C)C)CN1CCOC(C)(C)C1. The summed E-state index contributed by atoms with van der Waals surface area (Å²) in [6.45, 7) is 20.1. The van der Waals surface area contributed by atoms with Gasteiger partial charge in [0.15, 0.2) is 0 Å². The number of morpholine rings is 1. The molecule has 1 N–H and O–H groups in total. The lowest BCUT2D eigenvalue weighted by Gasteiger charge is -2.43. The zero-order chi connectivity index (χ0) is 15.2. The Morgan fingerprint density at radius 1 is 1.35 bits per heavy atom. The summed E-state index contributed by atoms with van der Waals surface area (Å²) in [6, 6.07) is 0. The second-order valence-electron chi connectivity index (χ2n) is 7.90. The van der Waals surface area contributed by atoms with E-state index in [0.717, 1.165) is 38.7 Å². The highest BCUT2D eigenvalue weighted by atomic mass is 16.5. The maximum Gasteiger partial charge on any atom is 0.0753 e. The molecule has 0 bridgehead atoms. The van der Waals surface area contributed by atoms with Crippen LogP contribution in [0.1, 0.15) is 54.4 Å². The number of hydrogen-bond donors (Lipinski definition) is 1. The van der Waals surface area contributed by atoms with Crippen molar-refractivity contribution in [3.05, 3.63) is 0 Å². The molecule has 3 nitrogen and oxygen atoms in total. The van der Waals surface area contributed by atoms with Gasteiger partial charge in [-0.1, -0.05) is 34.1 Å². The fraction of sp³-hybridized carbons (Fsp3) is 1.00. The maximum atomic E-state index is 5.83. The van der Waals surface area contributed by atoms with Gasteiger partial charge in [0.2, 0.25) is 0 Å². The van der Waals surface area contributed by atoms with Crippen molar-refractivity contribution >= 4 is 0 Å². The summed E-state index contributed by atoms with van der Waals surface area (Å²) >= 11 is 0. The van der Waals surface area contributed by atoms with E-state index in [1.165, 1.54) is 19.4 Å². The first-order valence-corrected chi connectivity index (χ1v) is 8.33. The van der Waals surface area contributed by atoms with Crippen LogP contribution in [0.4, 0.5) is 0 Å². The molecule has 0 aromatic rings. The lowest BCUT2D eigenvalue weighted by molar-refractivity contribution is -0.0938. The van der Waals surface area contributed by atoms with Crippen LogP contribution in [0.3, 0.4) is 0 Å². The number of nitrogens with zero attached hydrogens (tertiary/aromatic N) is 1. The second kappa shape index (κ2) is 7.77. The molecule has 0 aromatic carbocycles. The molecule has 3 heteroatoms. The Morgan fingerprint density at radius 3 is 2.60 bits per heavy atom. The predicted octanol–water partition coefficient (Wildman–Crippen LogP) is 3.15. The summed E-state index contributed by atoms with van der Waals surface area (Å²) in [5.74, 6) is 0.725. The molecule has 1 aliphatic rings. The summed E-state index contributed by atoms with van der Waals surface area (Å²) in [7, 11) is 0. The molecule has 1 fully saturated rings. The van der Waals surface area contributed by atoms with Gasteiger partial charge >= 0.3 is 0 Å². The second-order valence-corrected chi connectivity index (χ2v) is 7.90. The first kappa shape index (κ1) is 17.9. The van der Waals surface area contributed by atoms with Crippen LogP contribution in [-0.2, 0) is 4.74 Å². The lowest BCUT2D eigenvalue weighted by atomic mass is 9.84. The van der Waals surface area contributed by atoms with Crippen LogP contribution in [-0.4, -0.2) is 49.8 Å². The molecule has 120 valence electrons. The molecule has 1 aliphatic heterocycles. The highest BCUT2D eigenvalue weighted by molar-refractivity contribution is 4.86. The highest BCUT2D eigenvalue weighted by Crippen LogP contribution is 2.26. The van der Waals surface area contributed by atoms with Crippen molar-refractivity contribution in [2.75, 3.05) is 39.3 Å². The zero-order valence-electron chi connectivity index (χ0n) is 14.6. The van der Waals surface area contributed by atoms with E-state index >= 15 is 0 Å². The molecule has 0 aliphatic carbocycles. The minimum atomic E-state index is 0.0107. The normalized spacial score (nSPS) is 22.9. The van der Waals surface area contributed by atoms with Crippen LogP contribution in [0.15, 0.2) is 0 Å². The van der Waals surface area contributed by atoms with Gasteiger partial charge in [-0.3, -0.25) is 4.90 Å². The van der Waals surface area contributed by atoms with Gasteiger partial charge in [0, 0.05) is 26.2 Å². The molecule has 1 rings (SSSR count). The third-order valence-corrected chi connectivity index (χ3v) is 4.07. The van der Waals surface area contributed by atoms with Gasteiger partial charge in [0.25, 0.3) is 0 Å². The molecular weight excluding hydrogens is 248 g/mol. The summed E-state index contributed by atoms with van der Waals surface area (Å²) in [5.41, 5.74) is 0.383. The third kappa shape index (κ3) is 6.55. The summed E-state index contributed by atoms with van der Waals surface area (Å²) in [4.78, 5) is 2.59. The zero-order valence-corrected chi connectivity index (χ0v) is 14.6. The molecule has 1 heterocycles. The third-order valence-electron chi connectivity index (χ3n) is 4.07. The van der Waals surface area contributed by atoms with Gasteiger partial charge < -0.3 is 10.1 Å². The maximum absolute atomic E-state index is 5.83. The van der Waals surface area contributed by atoms with Gasteiger partial charge in [0.05, 0.1) is 12.2 Å². The van der Waals surface area contributed by atoms with Crippen LogP contribution in [0, 0.1) is 11.3 Å². The monoisotopic (exact) mass is 284 g/mol. The van der Waals surface area contributed by atoms with Crippen molar-refractivity contribution in [3.63, 3.8) is 0 Å². The van der Waals surface area contributed by atoms with Gasteiger partial charge in [-0.15, -0.1) is 0 Å². The van der Waals surface area contributed by atoms with Crippen LogP contribution in [0.2, 0.25) is 0 Å². The molecule has 1 atom stereocenters. The number of rotatable bonds is 8. The smallest absolute Gasteiger partial charge is 0.0753 e. The van der Waals surface area contributed by atoms with Crippen molar-refractivity contribution in [1.82, 2.24) is 10.2 Å². The van der Waals surface area contributed by atoms with E-state index in [1.807, 2.05) is 0 Å². The first-order valence-electron chi connectivity index (χ1n) is 8.33. The molecule has 0 radical (unpaired) electrons. The van der Waals surface area contributed by atoms with E-state index in [-0.39, 0.29) is 5.60 Å². The Kier molecular flexibility index (Phi) is 6.96. The Labute approximate surface area is 126 Å². The van der Waals surface area contributed by atoms with E-state index in [1.54, 1.807) is 0 Å². The van der Waals surface area contributed by atoms with Gasteiger partial charge in [-0.05, 0) is 38.1 Å². The van der Waals surface area contributed by atoms with Crippen LogP contribution < -0.4 is 5.32 Å². The fourth-order valence-corrected chi connectivity index (χ4v) is 3.28. The predicted molar refractivity (Wildman–Crippen MR) is 87.2 cm³/mol. The van der Waals surface area contributed by atoms with E-state index in [9.17, 15) is 0 Å². The molecule has 20 heavy (non-hydrogen) atoms.